The molecule has 4 heteroatoms. The predicted octanol–water partition coefficient (Wildman–Crippen LogP) is 11.1. The van der Waals surface area contributed by atoms with Gasteiger partial charge >= 0.3 is 0 Å². The van der Waals surface area contributed by atoms with Crippen LogP contribution in [0.15, 0.2) is 180 Å². The van der Waals surface area contributed by atoms with Crippen LogP contribution in [0.2, 0.25) is 0 Å². The Hall–Kier alpha value is -6.52. The second-order valence-electron chi connectivity index (χ2n) is 14.0. The fraction of sp³-hybridized carbons (Fsp3) is 0.0833. The Labute approximate surface area is 304 Å². The van der Waals surface area contributed by atoms with Crippen molar-refractivity contribution in [3.8, 4) is 27.9 Å². The zero-order valence-electron chi connectivity index (χ0n) is 29.3. The average molecular weight is 671 g/mol. The van der Waals surface area contributed by atoms with E-state index >= 15 is 0 Å². The summed E-state index contributed by atoms with van der Waals surface area (Å²) in [6.45, 7) is 5.16. The van der Waals surface area contributed by atoms with Crippen molar-refractivity contribution in [2.45, 2.75) is 25.8 Å². The van der Waals surface area contributed by atoms with E-state index in [0.29, 0.717) is 18.2 Å². The molecule has 0 fully saturated rings. The van der Waals surface area contributed by atoms with E-state index in [9.17, 15) is 0 Å². The molecule has 250 valence electrons. The third kappa shape index (κ3) is 5.32. The molecule has 1 aliphatic carbocycles. The first kappa shape index (κ1) is 31.5. The number of aliphatic imine (C=N–C) groups is 2. The van der Waals surface area contributed by atoms with Crippen LogP contribution in [0.4, 0.5) is 0 Å². The van der Waals surface area contributed by atoms with Crippen molar-refractivity contribution < 1.29 is 0 Å². The highest BCUT2D eigenvalue weighted by molar-refractivity contribution is 6.16. The molecule has 0 saturated carbocycles. The standard InChI is InChI=1S/C48H38N4/c1-48(2)41-22-11-9-21-40(41)44-42(48)29-28-39-38-20-10-12-23-43(38)52(45(39)44)37-19-13-18-36(30-37)47(50-31-32-14-5-3-6-15-32)51-46(49)35-26-24-34(25-27-35)33-16-7-4-8-17-33/h3-30H,31H2,1-2H3,(H2,49,50,51). The molecule has 0 bridgehead atoms. The van der Waals surface area contributed by atoms with Gasteiger partial charge in [-0.3, -0.25) is 4.99 Å². The van der Waals surface area contributed by atoms with E-state index in [1.165, 1.54) is 38.5 Å². The maximum absolute atomic E-state index is 6.77. The van der Waals surface area contributed by atoms with E-state index in [-0.39, 0.29) is 5.41 Å². The Bertz CT molecular complexity index is 2660. The Balaban J connectivity index is 1.20. The molecular weight excluding hydrogens is 633 g/mol. The highest BCUT2D eigenvalue weighted by Gasteiger charge is 2.37. The molecule has 9 rings (SSSR count). The molecule has 0 amide bonds. The summed E-state index contributed by atoms with van der Waals surface area (Å²) in [5.74, 6) is 1.01. The quantitative estimate of drug-likeness (QED) is 0.139. The van der Waals surface area contributed by atoms with Crippen molar-refractivity contribution in [2.75, 3.05) is 0 Å². The number of nitrogens with two attached hydrogens (primary N) is 1. The highest BCUT2D eigenvalue weighted by Crippen LogP contribution is 2.52. The van der Waals surface area contributed by atoms with E-state index in [1.807, 2.05) is 36.4 Å². The maximum atomic E-state index is 6.77. The molecule has 4 nitrogen and oxygen atoms in total. The van der Waals surface area contributed by atoms with Crippen LogP contribution < -0.4 is 5.73 Å². The summed E-state index contributed by atoms with van der Waals surface area (Å²) in [5, 5.41) is 2.47. The molecule has 1 aliphatic rings. The summed E-state index contributed by atoms with van der Waals surface area (Å²) in [5.41, 5.74) is 20.6. The van der Waals surface area contributed by atoms with Gasteiger partial charge in [-0.15, -0.1) is 0 Å². The van der Waals surface area contributed by atoms with Crippen LogP contribution in [-0.2, 0) is 12.0 Å². The number of fused-ring (bicyclic) bond motifs is 7. The smallest absolute Gasteiger partial charge is 0.157 e. The summed E-state index contributed by atoms with van der Waals surface area (Å²) in [4.78, 5) is 10.1. The van der Waals surface area contributed by atoms with Crippen molar-refractivity contribution in [3.05, 3.63) is 198 Å². The van der Waals surface area contributed by atoms with E-state index in [0.717, 1.165) is 39.0 Å². The first-order chi connectivity index (χ1) is 25.5. The van der Waals surface area contributed by atoms with Gasteiger partial charge in [0.1, 0.15) is 5.84 Å². The molecule has 0 aliphatic heterocycles. The molecule has 0 atom stereocenters. The van der Waals surface area contributed by atoms with Crippen molar-refractivity contribution >= 4 is 33.5 Å². The second kappa shape index (κ2) is 12.7. The molecule has 0 spiro atoms. The minimum atomic E-state index is -0.105. The van der Waals surface area contributed by atoms with E-state index < -0.39 is 0 Å². The van der Waals surface area contributed by atoms with Crippen molar-refractivity contribution in [1.29, 1.82) is 0 Å². The van der Waals surface area contributed by atoms with Gasteiger partial charge in [-0.2, -0.15) is 0 Å². The average Bonchev–Trinajstić information content (AvgIpc) is 3.66. The molecule has 0 unspecified atom stereocenters. The number of benzene rings is 7. The molecule has 52 heavy (non-hydrogen) atoms. The van der Waals surface area contributed by atoms with Crippen LogP contribution in [0.5, 0.6) is 0 Å². The van der Waals surface area contributed by atoms with Crippen LogP contribution in [0.25, 0.3) is 49.7 Å². The summed E-state index contributed by atoms with van der Waals surface area (Å²) in [6.07, 6.45) is 0. The van der Waals surface area contributed by atoms with E-state index in [1.54, 1.807) is 0 Å². The number of nitrogens with zero attached hydrogens (tertiary/aromatic N) is 3. The SMILES string of the molecule is CC1(C)c2ccccc2-c2c1ccc1c3ccccc3n(-c3cccc(C(N=C(N)c4ccc(-c5ccccc5)cc4)=NCc4ccccc4)c3)c21. The topological polar surface area (TPSA) is 55.7 Å². The summed E-state index contributed by atoms with van der Waals surface area (Å²) in [6, 6.07) is 59.7. The zero-order chi connectivity index (χ0) is 35.2. The van der Waals surface area contributed by atoms with Crippen LogP contribution in [0.3, 0.4) is 0 Å². The molecule has 1 heterocycles. The molecule has 7 aromatic carbocycles. The van der Waals surface area contributed by atoms with Crippen molar-refractivity contribution in [2.24, 2.45) is 15.7 Å². The van der Waals surface area contributed by atoms with Crippen LogP contribution >= 0.6 is 0 Å². The Morgan fingerprint density at radius 3 is 2.10 bits per heavy atom. The minimum Gasteiger partial charge on any atom is -0.383 e. The van der Waals surface area contributed by atoms with Gasteiger partial charge in [0.05, 0.1) is 17.6 Å². The Morgan fingerprint density at radius 1 is 0.596 bits per heavy atom. The summed E-state index contributed by atoms with van der Waals surface area (Å²) in [7, 11) is 0. The normalized spacial score (nSPS) is 13.7. The first-order valence-corrected chi connectivity index (χ1v) is 17.8. The monoisotopic (exact) mass is 670 g/mol. The number of hydrogen-bond acceptors (Lipinski definition) is 1. The zero-order valence-corrected chi connectivity index (χ0v) is 29.3. The van der Waals surface area contributed by atoms with Gasteiger partial charge < -0.3 is 10.3 Å². The van der Waals surface area contributed by atoms with Crippen LogP contribution in [0.1, 0.15) is 41.7 Å². The summed E-state index contributed by atoms with van der Waals surface area (Å²) < 4.78 is 2.43. The number of amidine groups is 2. The molecular formula is C48H38N4. The van der Waals surface area contributed by atoms with Crippen LogP contribution in [-0.4, -0.2) is 16.2 Å². The highest BCUT2D eigenvalue weighted by atomic mass is 15.0. The molecule has 0 radical (unpaired) electrons. The van der Waals surface area contributed by atoms with E-state index in [2.05, 4.69) is 152 Å². The predicted molar refractivity (Wildman–Crippen MR) is 218 cm³/mol. The van der Waals surface area contributed by atoms with Gasteiger partial charge in [-0.1, -0.05) is 166 Å². The molecule has 8 aromatic rings. The minimum absolute atomic E-state index is 0.105. The lowest BCUT2D eigenvalue weighted by Gasteiger charge is -2.21. The Morgan fingerprint density at radius 2 is 1.29 bits per heavy atom. The van der Waals surface area contributed by atoms with Gasteiger partial charge in [0.25, 0.3) is 0 Å². The third-order valence-corrected chi connectivity index (χ3v) is 10.5. The molecule has 0 saturated heterocycles. The third-order valence-electron chi connectivity index (χ3n) is 10.5. The van der Waals surface area contributed by atoms with Gasteiger partial charge in [0, 0.05) is 38.6 Å². The number of aromatic nitrogens is 1. The Kier molecular flexibility index (Phi) is 7.66. The van der Waals surface area contributed by atoms with Crippen molar-refractivity contribution in [3.63, 3.8) is 0 Å². The van der Waals surface area contributed by atoms with Gasteiger partial charge in [0.2, 0.25) is 0 Å². The first-order valence-electron chi connectivity index (χ1n) is 17.8. The van der Waals surface area contributed by atoms with Gasteiger partial charge in [-0.25, -0.2) is 4.99 Å². The van der Waals surface area contributed by atoms with E-state index in [4.69, 9.17) is 15.7 Å². The van der Waals surface area contributed by atoms with Gasteiger partial charge in [-0.05, 0) is 51.6 Å². The fourth-order valence-electron chi connectivity index (χ4n) is 7.88. The van der Waals surface area contributed by atoms with Crippen molar-refractivity contribution in [1.82, 2.24) is 4.57 Å². The molecule has 2 N–H and O–H groups in total. The lowest BCUT2D eigenvalue weighted by atomic mass is 9.82. The fourth-order valence-corrected chi connectivity index (χ4v) is 7.88. The lowest BCUT2D eigenvalue weighted by molar-refractivity contribution is 0.661. The second-order valence-corrected chi connectivity index (χ2v) is 14.0. The summed E-state index contributed by atoms with van der Waals surface area (Å²) >= 11 is 0. The molecule has 1 aromatic heterocycles. The lowest BCUT2D eigenvalue weighted by Crippen LogP contribution is -2.16. The number of hydrogen-bond donors (Lipinski definition) is 1. The largest absolute Gasteiger partial charge is 0.383 e. The number of para-hydroxylation sites is 1. The number of rotatable bonds is 6. The van der Waals surface area contributed by atoms with Crippen LogP contribution in [0, 0.1) is 0 Å². The maximum Gasteiger partial charge on any atom is 0.157 e. The van der Waals surface area contributed by atoms with Gasteiger partial charge in [0.15, 0.2) is 5.84 Å².